The normalized spacial score (nSPS) is 18.1. The Morgan fingerprint density at radius 2 is 1.93 bits per heavy atom. The van der Waals surface area contributed by atoms with Crippen molar-refractivity contribution >= 4 is 10.0 Å². The van der Waals surface area contributed by atoms with Gasteiger partial charge in [0.1, 0.15) is 22.5 Å². The Balaban J connectivity index is 1.70. The van der Waals surface area contributed by atoms with E-state index in [0.717, 1.165) is 0 Å². The van der Waals surface area contributed by atoms with Gasteiger partial charge in [-0.2, -0.15) is 4.31 Å². The second-order valence-corrected chi connectivity index (χ2v) is 8.52. The van der Waals surface area contributed by atoms with Gasteiger partial charge in [0.25, 0.3) is 0 Å². The van der Waals surface area contributed by atoms with Gasteiger partial charge in [0.15, 0.2) is 5.76 Å². The van der Waals surface area contributed by atoms with Gasteiger partial charge in [0, 0.05) is 31.0 Å². The molecule has 152 valence electrons. The predicted molar refractivity (Wildman–Crippen MR) is 101 cm³/mol. The van der Waals surface area contributed by atoms with Crippen LogP contribution in [0.3, 0.4) is 0 Å². The Kier molecular flexibility index (Phi) is 5.15. The Labute approximate surface area is 167 Å². The minimum atomic E-state index is -3.83. The fraction of sp³-hybridized carbons (Fsp3) is 0.316. The number of sulfonamides is 1. The molecule has 3 heterocycles. The van der Waals surface area contributed by atoms with Crippen LogP contribution in [-0.4, -0.2) is 47.5 Å². The summed E-state index contributed by atoms with van der Waals surface area (Å²) in [7, 11) is -3.83. The quantitative estimate of drug-likeness (QED) is 0.642. The average Bonchev–Trinajstić information content (AvgIpc) is 3.07. The molecule has 1 saturated heterocycles. The first kappa shape index (κ1) is 19.6. The van der Waals surface area contributed by atoms with Crippen LogP contribution in [0.2, 0.25) is 0 Å². The zero-order chi connectivity index (χ0) is 20.6. The van der Waals surface area contributed by atoms with Crippen LogP contribution in [0.1, 0.15) is 23.3 Å². The molecular weight excluding hydrogens is 399 g/mol. The number of rotatable bonds is 4. The number of ether oxygens (including phenoxy) is 1. The number of benzene rings is 1. The maximum Gasteiger partial charge on any atom is 0.248 e. The number of hydrogen-bond acceptors (Lipinski definition) is 7. The van der Waals surface area contributed by atoms with Crippen LogP contribution in [-0.2, 0) is 14.8 Å². The minimum Gasteiger partial charge on any atom is -0.369 e. The van der Waals surface area contributed by atoms with Crippen LogP contribution in [0.4, 0.5) is 4.39 Å². The van der Waals surface area contributed by atoms with E-state index in [1.54, 1.807) is 32.0 Å². The molecule has 0 N–H and O–H groups in total. The van der Waals surface area contributed by atoms with E-state index >= 15 is 0 Å². The molecule has 1 aromatic carbocycles. The van der Waals surface area contributed by atoms with Gasteiger partial charge in [-0.1, -0.05) is 17.3 Å². The molecule has 4 rings (SSSR count). The Morgan fingerprint density at radius 1 is 1.17 bits per heavy atom. The lowest BCUT2D eigenvalue weighted by molar-refractivity contribution is -0.00481. The lowest BCUT2D eigenvalue weighted by Gasteiger charge is -2.32. The first-order valence-electron chi connectivity index (χ1n) is 9.00. The molecule has 0 bridgehead atoms. The second kappa shape index (κ2) is 7.62. The first-order chi connectivity index (χ1) is 13.9. The molecule has 29 heavy (non-hydrogen) atoms. The fourth-order valence-electron chi connectivity index (χ4n) is 3.43. The van der Waals surface area contributed by atoms with Crippen LogP contribution >= 0.6 is 0 Å². The van der Waals surface area contributed by atoms with Crippen molar-refractivity contribution in [3.05, 3.63) is 59.6 Å². The van der Waals surface area contributed by atoms with Crippen LogP contribution in [0.15, 0.2) is 46.1 Å². The Morgan fingerprint density at radius 3 is 2.66 bits per heavy atom. The molecule has 8 nitrogen and oxygen atoms in total. The highest BCUT2D eigenvalue weighted by atomic mass is 32.2. The van der Waals surface area contributed by atoms with E-state index in [1.807, 2.05) is 0 Å². The largest absolute Gasteiger partial charge is 0.369 e. The van der Waals surface area contributed by atoms with E-state index in [1.165, 1.54) is 22.8 Å². The van der Waals surface area contributed by atoms with Crippen molar-refractivity contribution in [1.29, 1.82) is 0 Å². The van der Waals surface area contributed by atoms with Gasteiger partial charge in [-0.25, -0.2) is 12.8 Å². The summed E-state index contributed by atoms with van der Waals surface area (Å²) in [5, 5.41) is 3.74. The van der Waals surface area contributed by atoms with Crippen molar-refractivity contribution in [1.82, 2.24) is 19.4 Å². The maximum atomic E-state index is 14.3. The summed E-state index contributed by atoms with van der Waals surface area (Å²) in [6.07, 6.45) is 2.25. The van der Waals surface area contributed by atoms with E-state index in [9.17, 15) is 12.8 Å². The zero-order valence-electron chi connectivity index (χ0n) is 15.9. The highest BCUT2D eigenvalue weighted by Gasteiger charge is 2.36. The molecule has 0 saturated carbocycles. The highest BCUT2D eigenvalue weighted by Crippen LogP contribution is 2.33. The van der Waals surface area contributed by atoms with Crippen molar-refractivity contribution in [2.24, 2.45) is 0 Å². The number of morpholine rings is 1. The lowest BCUT2D eigenvalue weighted by atomic mass is 10.1. The molecular formula is C19H19FN4O4S. The summed E-state index contributed by atoms with van der Waals surface area (Å²) in [6, 6.07) is 6.23. The van der Waals surface area contributed by atoms with Crippen LogP contribution < -0.4 is 0 Å². The number of aryl methyl sites for hydroxylation is 2. The van der Waals surface area contributed by atoms with E-state index in [-0.39, 0.29) is 35.9 Å². The molecule has 0 aliphatic carbocycles. The van der Waals surface area contributed by atoms with Gasteiger partial charge in [-0.15, -0.1) is 0 Å². The SMILES string of the molecule is Cc1noc(C)c1S(=O)(=O)N1CCOC(c2nccnc2-c2ccccc2F)C1. The first-order valence-corrected chi connectivity index (χ1v) is 10.4. The Hall–Kier alpha value is -2.69. The van der Waals surface area contributed by atoms with Crippen LogP contribution in [0.5, 0.6) is 0 Å². The van der Waals surface area contributed by atoms with Crippen LogP contribution in [0.25, 0.3) is 11.3 Å². The van der Waals surface area contributed by atoms with Crippen molar-refractivity contribution in [3.8, 4) is 11.3 Å². The summed E-state index contributed by atoms with van der Waals surface area (Å²) in [5.41, 5.74) is 1.30. The highest BCUT2D eigenvalue weighted by molar-refractivity contribution is 7.89. The van der Waals surface area contributed by atoms with E-state index < -0.39 is 21.9 Å². The molecule has 1 unspecified atom stereocenters. The van der Waals surface area contributed by atoms with Crippen molar-refractivity contribution in [2.75, 3.05) is 19.7 Å². The minimum absolute atomic E-state index is 0.0204. The van der Waals surface area contributed by atoms with E-state index in [4.69, 9.17) is 9.26 Å². The van der Waals surface area contributed by atoms with Gasteiger partial charge in [-0.05, 0) is 26.0 Å². The maximum absolute atomic E-state index is 14.3. The molecule has 0 radical (unpaired) electrons. The third kappa shape index (κ3) is 3.54. The smallest absolute Gasteiger partial charge is 0.248 e. The average molecular weight is 418 g/mol. The molecule has 1 aliphatic rings. The predicted octanol–water partition coefficient (Wildman–Crippen LogP) is 2.65. The van der Waals surface area contributed by atoms with Crippen molar-refractivity contribution in [3.63, 3.8) is 0 Å². The molecule has 2 aromatic heterocycles. The third-order valence-electron chi connectivity index (χ3n) is 4.76. The van der Waals surface area contributed by atoms with E-state index in [2.05, 4.69) is 15.1 Å². The summed E-state index contributed by atoms with van der Waals surface area (Å²) in [6.45, 7) is 3.51. The molecule has 0 amide bonds. The van der Waals surface area contributed by atoms with E-state index in [0.29, 0.717) is 17.1 Å². The molecule has 0 spiro atoms. The second-order valence-electron chi connectivity index (χ2n) is 6.65. The molecule has 10 heteroatoms. The number of nitrogens with zero attached hydrogens (tertiary/aromatic N) is 4. The molecule has 1 fully saturated rings. The van der Waals surface area contributed by atoms with Gasteiger partial charge in [-0.3, -0.25) is 9.97 Å². The monoisotopic (exact) mass is 418 g/mol. The standard InChI is InChI=1S/C19H19FN4O4S/c1-12-19(13(2)28-23-12)29(25,26)24-9-10-27-16(11-24)18-17(21-7-8-22-18)14-5-3-4-6-15(14)20/h3-8,16H,9-11H2,1-2H3. The summed E-state index contributed by atoms with van der Waals surface area (Å²) >= 11 is 0. The third-order valence-corrected chi connectivity index (χ3v) is 6.87. The summed E-state index contributed by atoms with van der Waals surface area (Å²) < 4.78 is 52.8. The van der Waals surface area contributed by atoms with Gasteiger partial charge in [0.2, 0.25) is 10.0 Å². The van der Waals surface area contributed by atoms with Crippen LogP contribution in [0, 0.1) is 19.7 Å². The topological polar surface area (TPSA) is 98.4 Å². The number of halogens is 1. The van der Waals surface area contributed by atoms with Gasteiger partial charge in [0.05, 0.1) is 18.0 Å². The number of hydrogen-bond donors (Lipinski definition) is 0. The van der Waals surface area contributed by atoms with Gasteiger partial charge < -0.3 is 9.26 Å². The van der Waals surface area contributed by atoms with Gasteiger partial charge >= 0.3 is 0 Å². The van der Waals surface area contributed by atoms with Crippen molar-refractivity contribution in [2.45, 2.75) is 24.8 Å². The molecule has 3 aromatic rings. The number of aromatic nitrogens is 3. The zero-order valence-corrected chi connectivity index (χ0v) is 16.7. The fourth-order valence-corrected chi connectivity index (χ4v) is 5.14. The Bertz CT molecular complexity index is 1130. The molecule has 1 aliphatic heterocycles. The van der Waals surface area contributed by atoms with Crippen molar-refractivity contribution < 1.29 is 22.1 Å². The summed E-state index contributed by atoms with van der Waals surface area (Å²) in [4.78, 5) is 8.66. The molecule has 1 atom stereocenters. The lowest BCUT2D eigenvalue weighted by Crippen LogP contribution is -2.42. The summed E-state index contributed by atoms with van der Waals surface area (Å²) in [5.74, 6) is -0.206.